The van der Waals surface area contributed by atoms with E-state index in [1.165, 1.54) is 6.20 Å². The van der Waals surface area contributed by atoms with Gasteiger partial charge in [-0.3, -0.25) is 9.89 Å². The van der Waals surface area contributed by atoms with E-state index in [0.717, 1.165) is 36.7 Å². The second-order valence-electron chi connectivity index (χ2n) is 9.94. The number of hydrogen-bond donors (Lipinski definition) is 3. The molecule has 3 aliphatic rings. The van der Waals surface area contributed by atoms with Crippen LogP contribution in [0.4, 0.5) is 5.82 Å². The van der Waals surface area contributed by atoms with Crippen LogP contribution in [0.2, 0.25) is 5.02 Å². The number of aliphatic carboxylic acids is 1. The highest BCUT2D eigenvalue weighted by Gasteiger charge is 2.47. The van der Waals surface area contributed by atoms with Crippen LogP contribution in [0, 0.1) is 17.8 Å². The number of rotatable bonds is 5. The molecule has 0 spiro atoms. The Kier molecular flexibility index (Phi) is 5.14. The van der Waals surface area contributed by atoms with Gasteiger partial charge in [0.2, 0.25) is 0 Å². The summed E-state index contributed by atoms with van der Waals surface area (Å²) in [5, 5.41) is 23.0. The highest BCUT2D eigenvalue weighted by Crippen LogP contribution is 2.46. The maximum absolute atomic E-state index is 12.2. The largest absolute Gasteiger partial charge is 0.481 e. The van der Waals surface area contributed by atoms with E-state index in [2.05, 4.69) is 20.5 Å². The minimum Gasteiger partial charge on any atom is -0.481 e. The number of pyridine rings is 1. The molecule has 4 heterocycles. The number of H-pyrrole nitrogens is 1. The fourth-order valence-electron chi connectivity index (χ4n) is 6.10. The molecule has 3 aliphatic carbocycles. The van der Waals surface area contributed by atoms with Crippen molar-refractivity contribution in [3.8, 4) is 23.0 Å². The first-order chi connectivity index (χ1) is 18.0. The van der Waals surface area contributed by atoms with Gasteiger partial charge in [-0.05, 0) is 55.7 Å². The van der Waals surface area contributed by atoms with Gasteiger partial charge in [0.15, 0.2) is 17.2 Å². The van der Waals surface area contributed by atoms with Crippen LogP contribution in [-0.4, -0.2) is 42.3 Å². The van der Waals surface area contributed by atoms with Gasteiger partial charge in [-0.15, -0.1) is 0 Å². The van der Waals surface area contributed by atoms with E-state index in [1.807, 2.05) is 36.4 Å². The number of furan rings is 1. The Morgan fingerprint density at radius 3 is 2.70 bits per heavy atom. The number of benzene rings is 1. The highest BCUT2D eigenvalue weighted by atomic mass is 35.5. The van der Waals surface area contributed by atoms with Crippen molar-refractivity contribution in [1.82, 2.24) is 25.1 Å². The van der Waals surface area contributed by atoms with E-state index >= 15 is 0 Å². The van der Waals surface area contributed by atoms with Gasteiger partial charge in [0.1, 0.15) is 22.8 Å². The molecule has 0 aliphatic heterocycles. The van der Waals surface area contributed by atoms with Crippen LogP contribution in [0.15, 0.2) is 53.1 Å². The Hall–Kier alpha value is -3.98. The molecule has 186 valence electrons. The standard InChI is InChI=1S/C27H23ClN6O3/c28-16-10-17-24(33-34-25(17)29-12-16)26-30-18(20-9-15-3-1-2-4-19(15)37-20)11-21(32-26)31-23-14-7-5-13(6-8-14)22(23)27(35)36/h1-4,9-14,22-23H,5-8H2,(H,35,36)(H,29,33,34)(H,30,31,32). The average molecular weight is 515 g/mol. The van der Waals surface area contributed by atoms with Gasteiger partial charge in [0, 0.05) is 23.7 Å². The van der Waals surface area contributed by atoms with Crippen LogP contribution in [-0.2, 0) is 4.79 Å². The zero-order chi connectivity index (χ0) is 25.1. The van der Waals surface area contributed by atoms with Crippen molar-refractivity contribution in [1.29, 1.82) is 0 Å². The van der Waals surface area contributed by atoms with Crippen LogP contribution < -0.4 is 5.32 Å². The predicted molar refractivity (Wildman–Crippen MR) is 139 cm³/mol. The molecule has 2 bridgehead atoms. The summed E-state index contributed by atoms with van der Waals surface area (Å²) in [4.78, 5) is 26.1. The number of aromatic nitrogens is 5. The Morgan fingerprint density at radius 1 is 1.08 bits per heavy atom. The third-order valence-electron chi connectivity index (χ3n) is 7.82. The first kappa shape index (κ1) is 22.2. The number of halogens is 1. The van der Waals surface area contributed by atoms with E-state index in [0.29, 0.717) is 44.8 Å². The van der Waals surface area contributed by atoms with Gasteiger partial charge in [0.25, 0.3) is 0 Å². The Balaban J connectivity index is 1.36. The molecule has 3 N–H and O–H groups in total. The fourth-order valence-corrected chi connectivity index (χ4v) is 6.25. The summed E-state index contributed by atoms with van der Waals surface area (Å²) in [5.41, 5.74) is 2.41. The van der Waals surface area contributed by atoms with Crippen LogP contribution in [0.25, 0.3) is 45.0 Å². The summed E-state index contributed by atoms with van der Waals surface area (Å²) in [5.74, 6) is 0.793. The Labute approximate surface area is 216 Å². The summed E-state index contributed by atoms with van der Waals surface area (Å²) in [7, 11) is 0. The lowest BCUT2D eigenvalue weighted by Gasteiger charge is -2.47. The second-order valence-corrected chi connectivity index (χ2v) is 10.4. The summed E-state index contributed by atoms with van der Waals surface area (Å²) < 4.78 is 6.12. The van der Waals surface area contributed by atoms with E-state index < -0.39 is 11.9 Å². The fraction of sp³-hybridized carbons (Fsp3) is 0.296. The summed E-state index contributed by atoms with van der Waals surface area (Å²) in [6.07, 6.45) is 5.52. The number of fused-ring (bicyclic) bond motifs is 5. The smallest absolute Gasteiger partial charge is 0.308 e. The molecule has 4 aromatic heterocycles. The van der Waals surface area contributed by atoms with Crippen molar-refractivity contribution >= 4 is 45.4 Å². The third kappa shape index (κ3) is 3.81. The highest BCUT2D eigenvalue weighted by molar-refractivity contribution is 6.31. The molecule has 3 fully saturated rings. The molecule has 10 heteroatoms. The lowest BCUT2D eigenvalue weighted by Crippen LogP contribution is -2.51. The van der Waals surface area contributed by atoms with Crippen LogP contribution in [0.3, 0.4) is 0 Å². The molecule has 3 saturated carbocycles. The number of carboxylic acid groups (broad SMARTS) is 1. The molecule has 0 amide bonds. The molecule has 2 atom stereocenters. The van der Waals surface area contributed by atoms with E-state index in [-0.39, 0.29) is 17.9 Å². The molecule has 8 rings (SSSR count). The number of aromatic amines is 1. The van der Waals surface area contributed by atoms with Gasteiger partial charge in [-0.25, -0.2) is 15.0 Å². The number of carbonyl (C=O) groups is 1. The zero-order valence-electron chi connectivity index (χ0n) is 19.7. The maximum Gasteiger partial charge on any atom is 0.308 e. The second kappa shape index (κ2) is 8.55. The van der Waals surface area contributed by atoms with Crippen molar-refractivity contribution in [3.05, 3.63) is 53.7 Å². The SMILES string of the molecule is O=C(O)C1C2CCC(CC2)C1Nc1cc(-c2cc3ccccc3o2)nc(-c2[nH]nc3ncc(Cl)cc23)n1. The summed E-state index contributed by atoms with van der Waals surface area (Å²) in [6, 6.07) is 13.1. The van der Waals surface area contributed by atoms with Crippen LogP contribution in [0.1, 0.15) is 25.7 Å². The Morgan fingerprint density at radius 2 is 1.89 bits per heavy atom. The molecular weight excluding hydrogens is 492 g/mol. The van der Waals surface area contributed by atoms with Crippen molar-refractivity contribution in [2.75, 3.05) is 5.32 Å². The lowest BCUT2D eigenvalue weighted by molar-refractivity contribution is -0.148. The third-order valence-corrected chi connectivity index (χ3v) is 8.03. The normalized spacial score (nSPS) is 23.1. The number of carboxylic acids is 1. The molecule has 5 aromatic rings. The average Bonchev–Trinajstić information content (AvgIpc) is 3.53. The molecule has 2 unspecified atom stereocenters. The summed E-state index contributed by atoms with van der Waals surface area (Å²) in [6.45, 7) is 0. The van der Waals surface area contributed by atoms with Crippen molar-refractivity contribution in [3.63, 3.8) is 0 Å². The first-order valence-corrected chi connectivity index (χ1v) is 12.8. The molecule has 0 radical (unpaired) electrons. The van der Waals surface area contributed by atoms with Crippen molar-refractivity contribution in [2.24, 2.45) is 17.8 Å². The predicted octanol–water partition coefficient (Wildman–Crippen LogP) is 5.78. The maximum atomic E-state index is 12.2. The molecule has 9 nitrogen and oxygen atoms in total. The van der Waals surface area contributed by atoms with Gasteiger partial charge in [0.05, 0.1) is 16.3 Å². The van der Waals surface area contributed by atoms with Crippen molar-refractivity contribution < 1.29 is 14.3 Å². The lowest BCUT2D eigenvalue weighted by atomic mass is 9.61. The Bertz CT molecular complexity index is 1620. The van der Waals surface area contributed by atoms with Gasteiger partial charge in [-0.1, -0.05) is 29.8 Å². The first-order valence-electron chi connectivity index (χ1n) is 12.4. The minimum absolute atomic E-state index is 0.181. The number of anilines is 1. The quantitative estimate of drug-likeness (QED) is 0.269. The molecular formula is C27H23ClN6O3. The van der Waals surface area contributed by atoms with E-state index in [1.54, 1.807) is 6.07 Å². The van der Waals surface area contributed by atoms with E-state index in [9.17, 15) is 9.90 Å². The minimum atomic E-state index is -0.751. The van der Waals surface area contributed by atoms with Crippen LogP contribution >= 0.6 is 11.6 Å². The topological polar surface area (TPSA) is 130 Å². The monoisotopic (exact) mass is 514 g/mol. The van der Waals surface area contributed by atoms with Gasteiger partial charge in [-0.2, -0.15) is 5.10 Å². The number of nitrogens with one attached hydrogen (secondary N) is 2. The summed E-state index contributed by atoms with van der Waals surface area (Å²) >= 11 is 6.22. The molecule has 1 aromatic carbocycles. The van der Waals surface area contributed by atoms with Crippen molar-refractivity contribution in [2.45, 2.75) is 31.7 Å². The number of nitrogens with zero attached hydrogens (tertiary/aromatic N) is 4. The van der Waals surface area contributed by atoms with Gasteiger partial charge < -0.3 is 14.8 Å². The number of hydrogen-bond acceptors (Lipinski definition) is 7. The van der Waals surface area contributed by atoms with E-state index in [4.69, 9.17) is 26.0 Å². The number of para-hydroxylation sites is 1. The van der Waals surface area contributed by atoms with Crippen LogP contribution in [0.5, 0.6) is 0 Å². The zero-order valence-corrected chi connectivity index (χ0v) is 20.4. The van der Waals surface area contributed by atoms with Gasteiger partial charge >= 0.3 is 5.97 Å². The molecule has 37 heavy (non-hydrogen) atoms. The molecule has 0 saturated heterocycles.